The molecule has 4 rings (SSSR count). The molecule has 0 aliphatic heterocycles. The first-order valence-corrected chi connectivity index (χ1v) is 8.71. The van der Waals surface area contributed by atoms with Crippen molar-refractivity contribution in [1.29, 1.82) is 0 Å². The van der Waals surface area contributed by atoms with Gasteiger partial charge in [-0.3, -0.25) is 9.59 Å². The van der Waals surface area contributed by atoms with E-state index in [9.17, 15) is 9.59 Å². The van der Waals surface area contributed by atoms with Crippen LogP contribution in [0.1, 0.15) is 65.2 Å². The number of Topliss-reactive ketones (excluding diaryl/α,β-unsaturated/α-hetero) is 2. The fourth-order valence-electron chi connectivity index (χ4n) is 6.19. The quantitative estimate of drug-likeness (QED) is 0.629. The summed E-state index contributed by atoms with van der Waals surface area (Å²) in [4.78, 5) is 24.2. The maximum Gasteiger partial charge on any atom is 0.146 e. The zero-order valence-corrected chi connectivity index (χ0v) is 13.3. The van der Waals surface area contributed by atoms with Crippen LogP contribution in [-0.2, 0) is 9.59 Å². The fourth-order valence-corrected chi connectivity index (χ4v) is 6.19. The molecule has 3 fully saturated rings. The monoisotopic (exact) mass is 286 g/mol. The van der Waals surface area contributed by atoms with Gasteiger partial charge in [0.2, 0.25) is 0 Å². The Morgan fingerprint density at radius 2 is 1.90 bits per heavy atom. The van der Waals surface area contributed by atoms with Crippen LogP contribution in [0.2, 0.25) is 0 Å². The van der Waals surface area contributed by atoms with E-state index in [1.165, 1.54) is 24.8 Å². The number of hydrogen-bond donors (Lipinski definition) is 0. The van der Waals surface area contributed by atoms with Gasteiger partial charge in [0, 0.05) is 24.7 Å². The molecule has 0 aromatic heterocycles. The van der Waals surface area contributed by atoms with Crippen LogP contribution in [0, 0.1) is 28.6 Å². The third kappa shape index (κ3) is 1.71. The molecule has 4 aliphatic carbocycles. The lowest BCUT2D eigenvalue weighted by molar-refractivity contribution is -0.133. The highest BCUT2D eigenvalue weighted by atomic mass is 16.1. The number of fused-ring (bicyclic) bond motifs is 5. The van der Waals surface area contributed by atoms with Crippen LogP contribution >= 0.6 is 0 Å². The number of rotatable bonds is 0. The van der Waals surface area contributed by atoms with Crippen LogP contribution in [0.3, 0.4) is 0 Å². The first-order valence-electron chi connectivity index (χ1n) is 8.71. The summed E-state index contributed by atoms with van der Waals surface area (Å²) in [6.45, 7) is 4.63. The van der Waals surface area contributed by atoms with E-state index < -0.39 is 0 Å². The van der Waals surface area contributed by atoms with Crippen molar-refractivity contribution >= 4 is 11.6 Å². The Morgan fingerprint density at radius 1 is 1.10 bits per heavy atom. The maximum absolute atomic E-state index is 12.3. The lowest BCUT2D eigenvalue weighted by Crippen LogP contribution is -2.51. The summed E-state index contributed by atoms with van der Waals surface area (Å²) >= 11 is 0. The number of carbonyl (C=O) groups excluding carboxylic acids is 2. The molecule has 0 aromatic rings. The van der Waals surface area contributed by atoms with Gasteiger partial charge < -0.3 is 0 Å². The predicted molar refractivity (Wildman–Crippen MR) is 81.7 cm³/mol. The van der Waals surface area contributed by atoms with Gasteiger partial charge in [0.05, 0.1) is 0 Å². The van der Waals surface area contributed by atoms with Crippen molar-refractivity contribution in [3.05, 3.63) is 11.6 Å². The Balaban J connectivity index is 1.68. The topological polar surface area (TPSA) is 34.1 Å². The summed E-state index contributed by atoms with van der Waals surface area (Å²) in [6, 6.07) is 0. The molecule has 0 heterocycles. The Bertz CT molecular complexity index is 546. The Labute approximate surface area is 127 Å². The second-order valence-corrected chi connectivity index (χ2v) is 8.39. The lowest BCUT2D eigenvalue weighted by atomic mass is 9.46. The third-order valence-electron chi connectivity index (χ3n) is 7.62. The van der Waals surface area contributed by atoms with Crippen LogP contribution in [0.25, 0.3) is 0 Å². The van der Waals surface area contributed by atoms with Crippen molar-refractivity contribution in [2.45, 2.75) is 65.2 Å². The molecule has 2 nitrogen and oxygen atoms in total. The van der Waals surface area contributed by atoms with Gasteiger partial charge >= 0.3 is 0 Å². The van der Waals surface area contributed by atoms with Gasteiger partial charge in [-0.2, -0.15) is 0 Å². The van der Waals surface area contributed by atoms with Gasteiger partial charge in [-0.05, 0) is 62.2 Å². The highest BCUT2D eigenvalue weighted by Crippen LogP contribution is 2.63. The molecule has 3 saturated carbocycles. The first-order chi connectivity index (χ1) is 9.95. The molecule has 114 valence electrons. The lowest BCUT2D eigenvalue weighted by Gasteiger charge is -2.57. The molecule has 21 heavy (non-hydrogen) atoms. The van der Waals surface area contributed by atoms with E-state index in [1.807, 2.05) is 0 Å². The maximum atomic E-state index is 12.3. The molecular weight excluding hydrogens is 260 g/mol. The summed E-state index contributed by atoms with van der Waals surface area (Å²) in [5.41, 5.74) is 1.67. The van der Waals surface area contributed by atoms with Crippen molar-refractivity contribution in [3.63, 3.8) is 0 Å². The normalized spacial score (nSPS) is 49.2. The van der Waals surface area contributed by atoms with E-state index in [0.29, 0.717) is 41.2 Å². The Morgan fingerprint density at radius 3 is 2.71 bits per heavy atom. The van der Waals surface area contributed by atoms with Crippen molar-refractivity contribution in [2.24, 2.45) is 28.6 Å². The van der Waals surface area contributed by atoms with E-state index in [0.717, 1.165) is 25.7 Å². The minimum Gasteiger partial charge on any atom is -0.300 e. The average Bonchev–Trinajstić information content (AvgIpc) is 2.76. The fraction of sp³-hybridized carbons (Fsp3) is 0.789. The molecule has 5 atom stereocenters. The van der Waals surface area contributed by atoms with Crippen LogP contribution < -0.4 is 0 Å². The Hall–Kier alpha value is -0.920. The molecule has 0 radical (unpaired) electrons. The Kier molecular flexibility index (Phi) is 2.81. The largest absolute Gasteiger partial charge is 0.300 e. The van der Waals surface area contributed by atoms with E-state index >= 15 is 0 Å². The SMILES string of the molecule is C[C@@]12CC[C@H]3[C@H](CC[C@H]4CC(=O)CC[C@]43C)C1=CCC2=O. The van der Waals surface area contributed by atoms with Gasteiger partial charge in [-0.15, -0.1) is 0 Å². The summed E-state index contributed by atoms with van der Waals surface area (Å²) in [5.74, 6) is 2.84. The summed E-state index contributed by atoms with van der Waals surface area (Å²) in [7, 11) is 0. The molecule has 0 unspecified atom stereocenters. The summed E-state index contributed by atoms with van der Waals surface area (Å²) in [5, 5.41) is 0. The molecule has 2 heteroatoms. The molecule has 4 aliphatic rings. The van der Waals surface area contributed by atoms with Crippen LogP contribution in [0.5, 0.6) is 0 Å². The highest BCUT2D eigenvalue weighted by Gasteiger charge is 2.57. The summed E-state index contributed by atoms with van der Waals surface area (Å²) in [6.07, 6.45) is 10.2. The smallest absolute Gasteiger partial charge is 0.146 e. The molecular formula is C19H26O2. The minimum atomic E-state index is -0.144. The zero-order chi connectivity index (χ0) is 14.8. The van der Waals surface area contributed by atoms with Gasteiger partial charge in [-0.25, -0.2) is 0 Å². The second-order valence-electron chi connectivity index (χ2n) is 8.39. The van der Waals surface area contributed by atoms with E-state index in [2.05, 4.69) is 19.9 Å². The number of carbonyl (C=O) groups is 2. The molecule has 0 amide bonds. The highest BCUT2D eigenvalue weighted by molar-refractivity contribution is 5.92. The van der Waals surface area contributed by atoms with Gasteiger partial charge in [0.15, 0.2) is 0 Å². The summed E-state index contributed by atoms with van der Waals surface area (Å²) < 4.78 is 0. The molecule has 0 N–H and O–H groups in total. The van der Waals surface area contributed by atoms with Crippen molar-refractivity contribution in [1.82, 2.24) is 0 Å². The zero-order valence-electron chi connectivity index (χ0n) is 13.3. The van der Waals surface area contributed by atoms with Crippen molar-refractivity contribution in [3.8, 4) is 0 Å². The first kappa shape index (κ1) is 13.7. The van der Waals surface area contributed by atoms with E-state index in [1.54, 1.807) is 0 Å². The van der Waals surface area contributed by atoms with Crippen LogP contribution in [0.4, 0.5) is 0 Å². The van der Waals surface area contributed by atoms with Gasteiger partial charge in [-0.1, -0.05) is 18.6 Å². The van der Waals surface area contributed by atoms with Crippen molar-refractivity contribution in [2.75, 3.05) is 0 Å². The van der Waals surface area contributed by atoms with E-state index in [-0.39, 0.29) is 5.41 Å². The second kappa shape index (κ2) is 4.30. The predicted octanol–water partition coefficient (Wildman–Crippen LogP) is 4.09. The standard InChI is InChI=1S/C19H26O2/c1-18-9-7-13(20)11-12(18)3-4-14-15-5-6-17(21)19(15,2)10-8-16(14)18/h5,12,14,16H,3-4,6-11H2,1-2H3/t12-,14+,16-,18+,19+/m0/s1. The number of hydrogen-bond acceptors (Lipinski definition) is 2. The van der Waals surface area contributed by atoms with Crippen LogP contribution in [0.15, 0.2) is 11.6 Å². The van der Waals surface area contributed by atoms with Gasteiger partial charge in [0.25, 0.3) is 0 Å². The average molecular weight is 286 g/mol. The molecule has 0 bridgehead atoms. The number of allylic oxidation sites excluding steroid dienone is 2. The van der Waals surface area contributed by atoms with Crippen LogP contribution in [-0.4, -0.2) is 11.6 Å². The van der Waals surface area contributed by atoms with Gasteiger partial charge in [0.1, 0.15) is 11.6 Å². The molecule has 0 aromatic carbocycles. The molecule has 0 spiro atoms. The minimum absolute atomic E-state index is 0.144. The third-order valence-corrected chi connectivity index (χ3v) is 7.62. The van der Waals surface area contributed by atoms with E-state index in [4.69, 9.17) is 0 Å². The number of ketones is 2. The van der Waals surface area contributed by atoms with Crippen molar-refractivity contribution < 1.29 is 9.59 Å². The molecule has 0 saturated heterocycles.